The number of anilines is 2. The van der Waals surface area contributed by atoms with Gasteiger partial charge >= 0.3 is 0 Å². The van der Waals surface area contributed by atoms with E-state index in [0.717, 1.165) is 0 Å². The lowest BCUT2D eigenvalue weighted by atomic mass is 9.70. The fourth-order valence-electron chi connectivity index (χ4n) is 5.75. The summed E-state index contributed by atoms with van der Waals surface area (Å²) in [5.41, 5.74) is -2.30. The number of Topliss-reactive ketones (excluding diaryl/α,β-unsaturated/α-hetero) is 1. The molecule has 2 bridgehead atoms. The van der Waals surface area contributed by atoms with Gasteiger partial charge in [-0.25, -0.2) is 0 Å². The lowest BCUT2D eigenvalue weighted by Gasteiger charge is -2.35. The van der Waals surface area contributed by atoms with Crippen LogP contribution in [0.3, 0.4) is 0 Å². The molecule has 37 heavy (non-hydrogen) atoms. The second kappa shape index (κ2) is 8.11. The number of carbonyl (C=O) groups excluding carboxylic acids is 4. The minimum atomic E-state index is -1.38. The van der Waals surface area contributed by atoms with Crippen molar-refractivity contribution in [2.24, 2.45) is 11.8 Å². The van der Waals surface area contributed by atoms with E-state index in [1.165, 1.54) is 11.8 Å². The van der Waals surface area contributed by atoms with Crippen LogP contribution in [-0.2, 0) is 19.1 Å². The Morgan fingerprint density at radius 2 is 1.84 bits per heavy atom. The van der Waals surface area contributed by atoms with Crippen LogP contribution < -0.4 is 15.5 Å². The molecule has 3 aliphatic heterocycles. The first kappa shape index (κ1) is 24.9. The number of aryl methyl sites for hydroxylation is 1. The molecule has 1 aromatic carbocycles. The van der Waals surface area contributed by atoms with Gasteiger partial charge in [0, 0.05) is 22.9 Å². The molecule has 194 valence electrons. The van der Waals surface area contributed by atoms with Gasteiger partial charge in [-0.1, -0.05) is 29.4 Å². The molecule has 0 unspecified atom stereocenters. The number of amides is 3. The van der Waals surface area contributed by atoms with Crippen molar-refractivity contribution >= 4 is 35.0 Å². The first-order chi connectivity index (χ1) is 17.3. The highest BCUT2D eigenvalue weighted by atomic mass is 16.5. The van der Waals surface area contributed by atoms with E-state index >= 15 is 0 Å². The summed E-state index contributed by atoms with van der Waals surface area (Å²) in [7, 11) is 0. The quantitative estimate of drug-likeness (QED) is 0.471. The summed E-state index contributed by atoms with van der Waals surface area (Å²) in [4.78, 5) is 55.0. The van der Waals surface area contributed by atoms with Crippen molar-refractivity contribution < 1.29 is 28.4 Å². The summed E-state index contributed by atoms with van der Waals surface area (Å²) >= 11 is 0. The molecule has 10 heteroatoms. The van der Waals surface area contributed by atoms with Gasteiger partial charge in [0.1, 0.15) is 17.4 Å². The van der Waals surface area contributed by atoms with Gasteiger partial charge in [-0.2, -0.15) is 0 Å². The number of benzene rings is 1. The molecular formula is C27H30N4O6. The van der Waals surface area contributed by atoms with Crippen molar-refractivity contribution in [2.45, 2.75) is 64.3 Å². The van der Waals surface area contributed by atoms with Gasteiger partial charge in [-0.15, -0.1) is 0 Å². The fourth-order valence-corrected chi connectivity index (χ4v) is 5.75. The molecule has 10 nitrogen and oxygen atoms in total. The lowest BCUT2D eigenvalue weighted by Crippen LogP contribution is -2.58. The van der Waals surface area contributed by atoms with Crippen LogP contribution in [0.25, 0.3) is 0 Å². The number of fused-ring (bicyclic) bond motifs is 1. The van der Waals surface area contributed by atoms with Gasteiger partial charge in [0.05, 0.1) is 17.4 Å². The predicted molar refractivity (Wildman–Crippen MR) is 134 cm³/mol. The Bertz CT molecular complexity index is 1360. The van der Waals surface area contributed by atoms with Crippen LogP contribution in [0, 0.1) is 18.8 Å². The highest BCUT2D eigenvalue weighted by Gasteiger charge is 2.76. The zero-order chi connectivity index (χ0) is 26.9. The van der Waals surface area contributed by atoms with Crippen LogP contribution >= 0.6 is 0 Å². The number of ether oxygens (including phenoxy) is 1. The Morgan fingerprint density at radius 1 is 1.11 bits per heavy atom. The summed E-state index contributed by atoms with van der Waals surface area (Å²) in [6.45, 7) is 10.4. The molecule has 0 radical (unpaired) electrons. The molecule has 4 heterocycles. The molecule has 2 fully saturated rings. The van der Waals surface area contributed by atoms with E-state index < -0.39 is 52.3 Å². The zero-order valence-electron chi connectivity index (χ0n) is 21.6. The number of rotatable bonds is 5. The van der Waals surface area contributed by atoms with Crippen LogP contribution in [0.1, 0.15) is 50.7 Å². The van der Waals surface area contributed by atoms with Crippen molar-refractivity contribution in [2.75, 3.05) is 10.2 Å². The third-order valence-corrected chi connectivity index (χ3v) is 7.14. The van der Waals surface area contributed by atoms with Crippen molar-refractivity contribution in [1.29, 1.82) is 0 Å². The van der Waals surface area contributed by atoms with E-state index in [9.17, 15) is 19.2 Å². The van der Waals surface area contributed by atoms with E-state index in [2.05, 4.69) is 15.8 Å². The molecule has 0 aliphatic carbocycles. The fraction of sp³-hybridized carbons (Fsp3) is 0.444. The summed E-state index contributed by atoms with van der Waals surface area (Å²) in [6.07, 6.45) is 3.49. The molecule has 2 saturated heterocycles. The Morgan fingerprint density at radius 3 is 2.46 bits per heavy atom. The van der Waals surface area contributed by atoms with Crippen LogP contribution in [0.2, 0.25) is 0 Å². The van der Waals surface area contributed by atoms with Crippen LogP contribution in [0.15, 0.2) is 47.0 Å². The number of aromatic nitrogens is 1. The molecule has 0 saturated carbocycles. The normalized spacial score (nSPS) is 29.9. The van der Waals surface area contributed by atoms with Gasteiger partial charge < -0.3 is 19.9 Å². The average Bonchev–Trinajstić information content (AvgIpc) is 3.49. The summed E-state index contributed by atoms with van der Waals surface area (Å²) in [5.74, 6) is -2.65. The number of hydrogen-bond donors (Lipinski definition) is 2. The Hall–Kier alpha value is -3.79. The summed E-state index contributed by atoms with van der Waals surface area (Å²) in [6, 6.07) is 7.04. The topological polar surface area (TPSA) is 131 Å². The maximum atomic E-state index is 14.2. The third kappa shape index (κ3) is 3.87. The van der Waals surface area contributed by atoms with E-state index in [0.29, 0.717) is 17.0 Å². The first-order valence-electron chi connectivity index (χ1n) is 12.2. The second-order valence-corrected chi connectivity index (χ2v) is 11.2. The van der Waals surface area contributed by atoms with Crippen molar-refractivity contribution in [1.82, 2.24) is 10.5 Å². The van der Waals surface area contributed by atoms with E-state index in [-0.39, 0.29) is 11.6 Å². The number of carbonyl (C=O) groups is 4. The Kier molecular flexibility index (Phi) is 5.45. The highest BCUT2D eigenvalue weighted by Crippen LogP contribution is 2.60. The van der Waals surface area contributed by atoms with Gasteiger partial charge in [0.15, 0.2) is 11.6 Å². The second-order valence-electron chi connectivity index (χ2n) is 11.2. The zero-order valence-corrected chi connectivity index (χ0v) is 21.6. The minimum Gasteiger partial charge on any atom is -0.360 e. The largest absolute Gasteiger partial charge is 0.360 e. The molecular weight excluding hydrogens is 476 g/mol. The first-order valence-corrected chi connectivity index (χ1v) is 12.2. The maximum absolute atomic E-state index is 14.2. The van der Waals surface area contributed by atoms with Gasteiger partial charge in [-0.05, 0) is 53.7 Å². The van der Waals surface area contributed by atoms with Crippen molar-refractivity contribution in [3.8, 4) is 0 Å². The number of hydrogen-bond acceptors (Lipinski definition) is 7. The minimum absolute atomic E-state index is 0.174. The monoisotopic (exact) mass is 506 g/mol. The van der Waals surface area contributed by atoms with E-state index in [1.807, 2.05) is 20.8 Å². The van der Waals surface area contributed by atoms with Crippen molar-refractivity contribution in [3.05, 3.63) is 53.8 Å². The SMILES string of the molecule is CC(=O)c1cccc(N2C(=O)[C@H]3[C@@H](C(=O)Nc4cc(C)on4)[C@]4(C)C=C[C@]3(O4)[C@H]2C(=O)NC(C)(C)C)c1. The molecule has 1 spiro atoms. The molecule has 3 aliphatic rings. The highest BCUT2D eigenvalue weighted by molar-refractivity contribution is 6.12. The standard InChI is InChI=1S/C27H30N4O6/c1-14-12-18(30-36-14)28-22(33)19-20-24(35)31(17-9-7-8-16(13-17)15(2)32)21(23(34)29-25(3,4)5)27(20)11-10-26(19,6)37-27/h7-13,19-21H,1-6H3,(H,29,34)(H,28,30,33)/t19-,20+,21+,26-,27+/m0/s1. The number of nitrogens with one attached hydrogen (secondary N) is 2. The van der Waals surface area contributed by atoms with Gasteiger partial charge in [-0.3, -0.25) is 24.1 Å². The molecule has 2 N–H and O–H groups in total. The van der Waals surface area contributed by atoms with E-state index in [1.54, 1.807) is 56.3 Å². The molecule has 2 aromatic rings. The van der Waals surface area contributed by atoms with Crippen LogP contribution in [0.5, 0.6) is 0 Å². The van der Waals surface area contributed by atoms with Crippen LogP contribution in [-0.4, -0.2) is 51.4 Å². The average molecular weight is 507 g/mol. The summed E-state index contributed by atoms with van der Waals surface area (Å²) < 4.78 is 11.5. The number of ketones is 1. The summed E-state index contributed by atoms with van der Waals surface area (Å²) in [5, 5.41) is 9.53. The van der Waals surface area contributed by atoms with E-state index in [4.69, 9.17) is 9.26 Å². The maximum Gasteiger partial charge on any atom is 0.246 e. The molecule has 1 aromatic heterocycles. The Balaban J connectivity index is 1.61. The van der Waals surface area contributed by atoms with Gasteiger partial charge in [0.25, 0.3) is 0 Å². The Labute approximate surface area is 214 Å². The molecule has 5 rings (SSSR count). The molecule has 5 atom stereocenters. The van der Waals surface area contributed by atoms with Gasteiger partial charge in [0.2, 0.25) is 17.7 Å². The van der Waals surface area contributed by atoms with Crippen molar-refractivity contribution in [3.63, 3.8) is 0 Å². The lowest BCUT2D eigenvalue weighted by molar-refractivity contribution is -0.131. The predicted octanol–water partition coefficient (Wildman–Crippen LogP) is 2.78. The third-order valence-electron chi connectivity index (χ3n) is 7.14. The van der Waals surface area contributed by atoms with Crippen LogP contribution in [0.4, 0.5) is 11.5 Å². The smallest absolute Gasteiger partial charge is 0.246 e. The molecule has 3 amide bonds. The number of nitrogens with zero attached hydrogens (tertiary/aromatic N) is 2.